The van der Waals surface area contributed by atoms with E-state index in [0.29, 0.717) is 0 Å². The Morgan fingerprint density at radius 2 is 2.60 bits per heavy atom. The molecule has 0 saturated carbocycles. The summed E-state index contributed by atoms with van der Waals surface area (Å²) in [7, 11) is 1.91. The van der Waals surface area contributed by atoms with Crippen LogP contribution in [-0.4, -0.2) is 40.4 Å². The third kappa shape index (κ3) is 2.35. The van der Waals surface area contributed by atoms with Gasteiger partial charge in [-0.25, -0.2) is 0 Å². The smallest absolute Gasteiger partial charge is 0.111 e. The lowest BCUT2D eigenvalue weighted by molar-refractivity contribution is 0.187. The second kappa shape index (κ2) is 4.43. The number of aromatic nitrogens is 2. The Hall–Kier alpha value is -1.38. The number of hydrogen-bond acceptors (Lipinski definition) is 4. The summed E-state index contributed by atoms with van der Waals surface area (Å²) in [5.74, 6) is 0. The molecule has 0 radical (unpaired) electrons. The van der Waals surface area contributed by atoms with Crippen LogP contribution in [0.5, 0.6) is 0 Å². The van der Waals surface area contributed by atoms with Crippen molar-refractivity contribution in [3.8, 4) is 6.07 Å². The molecular formula is C10H15N5. The molecule has 1 unspecified atom stereocenters. The topological polar surface area (TPSA) is 56.9 Å². The molecule has 0 aromatic carbocycles. The first-order valence-corrected chi connectivity index (χ1v) is 5.12. The van der Waals surface area contributed by atoms with Crippen LogP contribution in [0, 0.1) is 11.3 Å². The first-order valence-electron chi connectivity index (χ1n) is 5.12. The minimum absolute atomic E-state index is 0.0271. The maximum atomic E-state index is 8.99. The first kappa shape index (κ1) is 10.1. The maximum Gasteiger partial charge on any atom is 0.111 e. The highest BCUT2D eigenvalue weighted by atomic mass is 15.3. The van der Waals surface area contributed by atoms with Gasteiger partial charge in [-0.3, -0.25) is 9.58 Å². The van der Waals surface area contributed by atoms with Gasteiger partial charge in [-0.05, 0) is 6.07 Å². The van der Waals surface area contributed by atoms with Crippen LogP contribution in [0.4, 0.5) is 0 Å². The number of nitrogens with one attached hydrogen (secondary N) is 1. The number of nitrogens with zero attached hydrogens (tertiary/aromatic N) is 4. The van der Waals surface area contributed by atoms with Gasteiger partial charge in [-0.2, -0.15) is 10.4 Å². The largest absolute Gasteiger partial charge is 0.313 e. The molecule has 1 aromatic rings. The highest BCUT2D eigenvalue weighted by Gasteiger charge is 2.22. The van der Waals surface area contributed by atoms with Crippen LogP contribution in [-0.2, 0) is 13.6 Å². The normalized spacial score (nSPS) is 22.5. The zero-order valence-corrected chi connectivity index (χ0v) is 8.85. The summed E-state index contributed by atoms with van der Waals surface area (Å²) in [5, 5.41) is 16.5. The molecule has 0 aliphatic carbocycles. The van der Waals surface area contributed by atoms with Gasteiger partial charge < -0.3 is 5.32 Å². The number of nitriles is 1. The van der Waals surface area contributed by atoms with Gasteiger partial charge >= 0.3 is 0 Å². The van der Waals surface area contributed by atoms with Gasteiger partial charge in [0.05, 0.1) is 11.8 Å². The summed E-state index contributed by atoms with van der Waals surface area (Å²) < 4.78 is 1.79. The number of hydrogen-bond donors (Lipinski definition) is 1. The minimum atomic E-state index is -0.0271. The van der Waals surface area contributed by atoms with Crippen molar-refractivity contribution in [2.24, 2.45) is 7.05 Å². The molecule has 15 heavy (non-hydrogen) atoms. The Labute approximate surface area is 89.3 Å². The van der Waals surface area contributed by atoms with E-state index < -0.39 is 0 Å². The first-order chi connectivity index (χ1) is 7.29. The molecule has 2 heterocycles. The van der Waals surface area contributed by atoms with E-state index in [-0.39, 0.29) is 6.04 Å². The predicted octanol–water partition coefficient (Wildman–Crippen LogP) is -0.283. The summed E-state index contributed by atoms with van der Waals surface area (Å²) in [6.45, 7) is 3.38. The van der Waals surface area contributed by atoms with Gasteiger partial charge in [0, 0.05) is 39.4 Å². The van der Waals surface area contributed by atoms with E-state index in [1.54, 1.807) is 4.68 Å². The third-order valence-corrected chi connectivity index (χ3v) is 2.64. The van der Waals surface area contributed by atoms with E-state index in [2.05, 4.69) is 21.4 Å². The van der Waals surface area contributed by atoms with Crippen molar-refractivity contribution >= 4 is 0 Å². The highest BCUT2D eigenvalue weighted by Crippen LogP contribution is 2.07. The van der Waals surface area contributed by atoms with Crippen LogP contribution in [0.25, 0.3) is 0 Å². The standard InChI is InChI=1S/C10H15N5/c1-14-4-2-9(13-14)8-15-5-3-12-7-10(15)6-11/h2,4,10,12H,3,5,7-8H2,1H3. The molecule has 1 aliphatic heterocycles. The van der Waals surface area contributed by atoms with Crippen LogP contribution in [0.2, 0.25) is 0 Å². The molecule has 1 aliphatic rings. The van der Waals surface area contributed by atoms with E-state index in [4.69, 9.17) is 5.26 Å². The Balaban J connectivity index is 2.01. The van der Waals surface area contributed by atoms with E-state index in [1.807, 2.05) is 19.3 Å². The van der Waals surface area contributed by atoms with Crippen LogP contribution >= 0.6 is 0 Å². The second-order valence-corrected chi connectivity index (χ2v) is 3.80. The molecule has 80 valence electrons. The molecule has 2 rings (SSSR count). The van der Waals surface area contributed by atoms with E-state index in [0.717, 1.165) is 31.9 Å². The van der Waals surface area contributed by atoms with Crippen LogP contribution in [0.1, 0.15) is 5.69 Å². The summed E-state index contributed by atoms with van der Waals surface area (Å²) in [6.07, 6.45) is 1.93. The van der Waals surface area contributed by atoms with Crippen molar-refractivity contribution in [1.29, 1.82) is 5.26 Å². The average Bonchev–Trinajstić information content (AvgIpc) is 2.65. The van der Waals surface area contributed by atoms with E-state index in [9.17, 15) is 0 Å². The fourth-order valence-electron chi connectivity index (χ4n) is 1.82. The average molecular weight is 205 g/mol. The molecule has 0 bridgehead atoms. The molecule has 5 heteroatoms. The minimum Gasteiger partial charge on any atom is -0.313 e. The highest BCUT2D eigenvalue weighted by molar-refractivity contribution is 5.03. The van der Waals surface area contributed by atoms with E-state index in [1.165, 1.54) is 0 Å². The molecule has 1 atom stereocenters. The third-order valence-electron chi connectivity index (χ3n) is 2.64. The van der Waals surface area contributed by atoms with Crippen molar-refractivity contribution in [1.82, 2.24) is 20.0 Å². The lowest BCUT2D eigenvalue weighted by Gasteiger charge is -2.31. The quantitative estimate of drug-likeness (QED) is 0.721. The van der Waals surface area contributed by atoms with Gasteiger partial charge in [0.1, 0.15) is 6.04 Å². The fourth-order valence-corrected chi connectivity index (χ4v) is 1.82. The molecule has 0 spiro atoms. The number of aryl methyl sites for hydroxylation is 1. The fraction of sp³-hybridized carbons (Fsp3) is 0.600. The van der Waals surface area contributed by atoms with Crippen LogP contribution in [0.3, 0.4) is 0 Å². The predicted molar refractivity (Wildman–Crippen MR) is 55.9 cm³/mol. The van der Waals surface area contributed by atoms with Crippen molar-refractivity contribution in [2.45, 2.75) is 12.6 Å². The molecule has 1 fully saturated rings. The van der Waals surface area contributed by atoms with Crippen molar-refractivity contribution < 1.29 is 0 Å². The maximum absolute atomic E-state index is 8.99. The lowest BCUT2D eigenvalue weighted by atomic mass is 10.2. The molecule has 5 nitrogen and oxygen atoms in total. The van der Waals surface area contributed by atoms with Gasteiger partial charge in [-0.15, -0.1) is 0 Å². The van der Waals surface area contributed by atoms with Crippen molar-refractivity contribution in [3.05, 3.63) is 18.0 Å². The van der Waals surface area contributed by atoms with Crippen LogP contribution in [0.15, 0.2) is 12.3 Å². The van der Waals surface area contributed by atoms with Crippen molar-refractivity contribution in [2.75, 3.05) is 19.6 Å². The zero-order chi connectivity index (χ0) is 10.7. The number of rotatable bonds is 2. The molecule has 1 N–H and O–H groups in total. The summed E-state index contributed by atoms with van der Waals surface area (Å²) in [4.78, 5) is 2.17. The Morgan fingerprint density at radius 1 is 1.73 bits per heavy atom. The zero-order valence-electron chi connectivity index (χ0n) is 8.85. The molecule has 1 aromatic heterocycles. The summed E-state index contributed by atoms with van der Waals surface area (Å²) >= 11 is 0. The SMILES string of the molecule is Cn1ccc(CN2CCNCC2C#N)n1. The lowest BCUT2D eigenvalue weighted by Crippen LogP contribution is -2.50. The summed E-state index contributed by atoms with van der Waals surface area (Å²) in [6, 6.07) is 4.28. The Bertz CT molecular complexity index is 364. The van der Waals surface area contributed by atoms with Gasteiger partial charge in [0.15, 0.2) is 0 Å². The van der Waals surface area contributed by atoms with Crippen LogP contribution < -0.4 is 5.32 Å². The van der Waals surface area contributed by atoms with Gasteiger partial charge in [0.25, 0.3) is 0 Å². The molecular weight excluding hydrogens is 190 g/mol. The molecule has 0 amide bonds. The van der Waals surface area contributed by atoms with Crippen molar-refractivity contribution in [3.63, 3.8) is 0 Å². The molecule has 1 saturated heterocycles. The van der Waals surface area contributed by atoms with E-state index >= 15 is 0 Å². The number of piperazine rings is 1. The van der Waals surface area contributed by atoms with Gasteiger partial charge in [0.2, 0.25) is 0 Å². The Morgan fingerprint density at radius 3 is 3.27 bits per heavy atom. The Kier molecular flexibility index (Phi) is 2.99. The summed E-state index contributed by atoms with van der Waals surface area (Å²) in [5.41, 5.74) is 1.03. The monoisotopic (exact) mass is 205 g/mol. The van der Waals surface area contributed by atoms with Gasteiger partial charge in [-0.1, -0.05) is 0 Å². The second-order valence-electron chi connectivity index (χ2n) is 3.80.